The third kappa shape index (κ3) is 4.20. The number of nitrogens with zero attached hydrogens (tertiary/aromatic N) is 4. The highest BCUT2D eigenvalue weighted by Crippen LogP contribution is 2.27. The molecule has 0 amide bonds. The third-order valence-electron chi connectivity index (χ3n) is 4.94. The van der Waals surface area contributed by atoms with Gasteiger partial charge >= 0.3 is 0 Å². The number of hydrogen-bond acceptors (Lipinski definition) is 4. The summed E-state index contributed by atoms with van der Waals surface area (Å²) in [7, 11) is 0. The van der Waals surface area contributed by atoms with E-state index in [1.54, 1.807) is 6.20 Å². The van der Waals surface area contributed by atoms with Crippen LogP contribution in [-0.2, 0) is 0 Å². The summed E-state index contributed by atoms with van der Waals surface area (Å²) in [6.45, 7) is 0. The van der Waals surface area contributed by atoms with Gasteiger partial charge in [0.1, 0.15) is 0 Å². The monoisotopic (exact) mass is 420 g/mol. The molecule has 0 saturated heterocycles. The Hall–Kier alpha value is -3.89. The molecule has 0 aliphatic rings. The summed E-state index contributed by atoms with van der Waals surface area (Å²) in [5, 5.41) is 0.166. The Kier molecular flexibility index (Phi) is 5.21. The molecule has 0 N–H and O–H groups in total. The van der Waals surface area contributed by atoms with Gasteiger partial charge in [0.05, 0.1) is 5.69 Å². The van der Waals surface area contributed by atoms with Crippen LogP contribution in [0.5, 0.6) is 0 Å². The summed E-state index contributed by atoms with van der Waals surface area (Å²) in [6, 6.07) is 32.1. The van der Waals surface area contributed by atoms with Crippen LogP contribution < -0.4 is 0 Å². The van der Waals surface area contributed by atoms with Gasteiger partial charge in [-0.2, -0.15) is 9.97 Å². The summed E-state index contributed by atoms with van der Waals surface area (Å²) in [6.07, 6.45) is 1.78. The molecule has 0 aliphatic heterocycles. The average molecular weight is 421 g/mol. The lowest BCUT2D eigenvalue weighted by molar-refractivity contribution is 1.07. The van der Waals surface area contributed by atoms with Crippen molar-refractivity contribution >= 4 is 11.6 Å². The SMILES string of the molecule is Clc1nc(-c2ccc(-c3ccccn3)cc2)nc(-c2cccc(-c3ccccc3)c2)n1. The largest absolute Gasteiger partial charge is 0.256 e. The number of pyridine rings is 1. The number of rotatable bonds is 4. The van der Waals surface area contributed by atoms with E-state index in [-0.39, 0.29) is 5.28 Å². The molecular formula is C26H17ClN4. The zero-order valence-corrected chi connectivity index (χ0v) is 17.2. The van der Waals surface area contributed by atoms with Crippen molar-refractivity contribution in [2.24, 2.45) is 0 Å². The molecule has 3 aromatic carbocycles. The number of hydrogen-bond donors (Lipinski definition) is 0. The van der Waals surface area contributed by atoms with Crippen molar-refractivity contribution in [3.63, 3.8) is 0 Å². The predicted octanol–water partition coefficient (Wildman–Crippen LogP) is 6.59. The highest BCUT2D eigenvalue weighted by Gasteiger charge is 2.11. The molecule has 4 nitrogen and oxygen atoms in total. The smallest absolute Gasteiger partial charge is 0.226 e. The second-order valence-electron chi connectivity index (χ2n) is 6.99. The molecular weight excluding hydrogens is 404 g/mol. The molecule has 0 fully saturated rings. The second kappa shape index (κ2) is 8.46. The molecule has 0 saturated carbocycles. The van der Waals surface area contributed by atoms with Crippen LogP contribution >= 0.6 is 11.6 Å². The standard InChI is InChI=1S/C26H17ClN4/c27-26-30-24(20-14-12-19(13-15-20)23-11-4-5-16-28-23)29-25(31-26)22-10-6-9-21(17-22)18-7-2-1-3-8-18/h1-17H. The van der Waals surface area contributed by atoms with Crippen LogP contribution in [0, 0.1) is 0 Å². The quantitative estimate of drug-likeness (QED) is 0.329. The molecule has 0 unspecified atom stereocenters. The lowest BCUT2D eigenvalue weighted by Gasteiger charge is -2.08. The minimum absolute atomic E-state index is 0.166. The molecule has 0 atom stereocenters. The van der Waals surface area contributed by atoms with E-state index < -0.39 is 0 Å². The second-order valence-corrected chi connectivity index (χ2v) is 7.33. The summed E-state index contributed by atoms with van der Waals surface area (Å²) < 4.78 is 0. The van der Waals surface area contributed by atoms with Gasteiger partial charge in [-0.3, -0.25) is 4.98 Å². The fraction of sp³-hybridized carbons (Fsp3) is 0. The Morgan fingerprint density at radius 2 is 1.13 bits per heavy atom. The van der Waals surface area contributed by atoms with Gasteiger partial charge in [0.15, 0.2) is 11.6 Å². The first-order valence-electron chi connectivity index (χ1n) is 9.85. The Morgan fingerprint density at radius 3 is 1.87 bits per heavy atom. The summed E-state index contributed by atoms with van der Waals surface area (Å²) >= 11 is 6.26. The van der Waals surface area contributed by atoms with Crippen molar-refractivity contribution in [3.8, 4) is 45.2 Å². The van der Waals surface area contributed by atoms with Crippen LogP contribution in [0.3, 0.4) is 0 Å². The van der Waals surface area contributed by atoms with Crippen molar-refractivity contribution in [2.75, 3.05) is 0 Å². The van der Waals surface area contributed by atoms with Crippen LogP contribution in [0.25, 0.3) is 45.2 Å². The first-order valence-corrected chi connectivity index (χ1v) is 10.2. The molecule has 5 rings (SSSR count). The van der Waals surface area contributed by atoms with Gasteiger partial charge in [0, 0.05) is 22.9 Å². The van der Waals surface area contributed by atoms with Crippen LogP contribution in [0.15, 0.2) is 103 Å². The Balaban J connectivity index is 1.50. The van der Waals surface area contributed by atoms with E-state index in [1.165, 1.54) is 0 Å². The van der Waals surface area contributed by atoms with Gasteiger partial charge < -0.3 is 0 Å². The van der Waals surface area contributed by atoms with Crippen molar-refractivity contribution < 1.29 is 0 Å². The summed E-state index contributed by atoms with van der Waals surface area (Å²) in [5.41, 5.74) is 5.92. The predicted molar refractivity (Wildman–Crippen MR) is 124 cm³/mol. The van der Waals surface area contributed by atoms with E-state index in [0.717, 1.165) is 33.5 Å². The van der Waals surface area contributed by atoms with Crippen LogP contribution in [0.4, 0.5) is 0 Å². The minimum Gasteiger partial charge on any atom is -0.256 e. The third-order valence-corrected chi connectivity index (χ3v) is 5.11. The molecule has 31 heavy (non-hydrogen) atoms. The lowest BCUT2D eigenvalue weighted by atomic mass is 10.0. The molecule has 5 aromatic rings. The van der Waals surface area contributed by atoms with Crippen molar-refractivity contribution in [1.29, 1.82) is 0 Å². The fourth-order valence-corrected chi connectivity index (χ4v) is 3.56. The molecule has 2 heterocycles. The Morgan fingerprint density at radius 1 is 0.484 bits per heavy atom. The van der Waals surface area contributed by atoms with Gasteiger partial charge in [-0.05, 0) is 40.9 Å². The van der Waals surface area contributed by atoms with Crippen molar-refractivity contribution in [3.05, 3.63) is 109 Å². The molecule has 2 aromatic heterocycles. The van der Waals surface area contributed by atoms with E-state index in [0.29, 0.717) is 11.6 Å². The number of aromatic nitrogens is 4. The maximum Gasteiger partial charge on any atom is 0.226 e. The highest BCUT2D eigenvalue weighted by atomic mass is 35.5. The maximum atomic E-state index is 6.26. The van der Waals surface area contributed by atoms with Crippen LogP contribution in [0.1, 0.15) is 0 Å². The van der Waals surface area contributed by atoms with E-state index in [1.807, 2.05) is 72.8 Å². The van der Waals surface area contributed by atoms with Crippen molar-refractivity contribution in [2.45, 2.75) is 0 Å². The zero-order valence-electron chi connectivity index (χ0n) is 16.5. The lowest BCUT2D eigenvalue weighted by Crippen LogP contribution is -1.97. The first-order chi connectivity index (χ1) is 15.3. The number of halogens is 1. The van der Waals surface area contributed by atoms with E-state index >= 15 is 0 Å². The Labute approximate surface area is 185 Å². The molecule has 0 radical (unpaired) electrons. The van der Waals surface area contributed by atoms with Gasteiger partial charge in [-0.15, -0.1) is 0 Å². The average Bonchev–Trinajstić information content (AvgIpc) is 2.85. The van der Waals surface area contributed by atoms with E-state index in [2.05, 4.69) is 44.2 Å². The first kappa shape index (κ1) is 19.1. The minimum atomic E-state index is 0.166. The van der Waals surface area contributed by atoms with Gasteiger partial charge in [-0.1, -0.05) is 78.9 Å². The van der Waals surface area contributed by atoms with Crippen LogP contribution in [-0.4, -0.2) is 19.9 Å². The molecule has 148 valence electrons. The fourth-order valence-electron chi connectivity index (χ4n) is 3.40. The summed E-state index contributed by atoms with van der Waals surface area (Å²) in [4.78, 5) is 17.8. The van der Waals surface area contributed by atoms with E-state index in [4.69, 9.17) is 11.6 Å². The molecule has 5 heteroatoms. The normalized spacial score (nSPS) is 10.7. The number of benzene rings is 3. The van der Waals surface area contributed by atoms with Gasteiger partial charge in [0.2, 0.25) is 5.28 Å². The molecule has 0 spiro atoms. The maximum absolute atomic E-state index is 6.26. The molecule has 0 bridgehead atoms. The zero-order chi connectivity index (χ0) is 21.0. The van der Waals surface area contributed by atoms with E-state index in [9.17, 15) is 0 Å². The Bertz CT molecular complexity index is 1320. The van der Waals surface area contributed by atoms with Crippen LogP contribution in [0.2, 0.25) is 5.28 Å². The van der Waals surface area contributed by atoms with Crippen molar-refractivity contribution in [1.82, 2.24) is 19.9 Å². The topological polar surface area (TPSA) is 51.6 Å². The van der Waals surface area contributed by atoms with Gasteiger partial charge in [-0.25, -0.2) is 4.98 Å². The van der Waals surface area contributed by atoms with Gasteiger partial charge in [0.25, 0.3) is 0 Å². The highest BCUT2D eigenvalue weighted by molar-refractivity contribution is 6.28. The summed E-state index contributed by atoms with van der Waals surface area (Å²) in [5.74, 6) is 1.08. The molecule has 0 aliphatic carbocycles.